The van der Waals surface area contributed by atoms with Crippen LogP contribution < -0.4 is 43.0 Å². The molecule has 3 rings (SSSR count). The summed E-state index contributed by atoms with van der Waals surface area (Å²) in [7, 11) is 0. The normalized spacial score (nSPS) is 26.7. The van der Waals surface area contributed by atoms with Gasteiger partial charge in [0.05, 0.1) is 119 Å². The summed E-state index contributed by atoms with van der Waals surface area (Å²) >= 11 is 0. The Morgan fingerprint density at radius 1 is 0.383 bits per heavy atom. The molecule has 0 saturated carbocycles. The Hall–Kier alpha value is -5.08. The van der Waals surface area contributed by atoms with E-state index in [4.69, 9.17) is 62.6 Å². The van der Waals surface area contributed by atoms with E-state index in [0.717, 1.165) is 0 Å². The van der Waals surface area contributed by atoms with Gasteiger partial charge >= 0.3 is 0 Å². The van der Waals surface area contributed by atoms with Crippen molar-refractivity contribution in [2.75, 3.05) is 139 Å². The molecule has 3 fully saturated rings. The van der Waals surface area contributed by atoms with Gasteiger partial charge in [-0.1, -0.05) is 0 Å². The molecule has 0 bridgehead atoms. The number of carbonyl (C=O) groups is 8. The highest BCUT2D eigenvalue weighted by Gasteiger charge is 2.48. The van der Waals surface area contributed by atoms with Gasteiger partial charge in [-0.25, -0.2) is 0 Å². The standard InChI is InChI=1S/C57H102N8O29/c1-34(69)62-45-51(80)48(77)37(31-66)92-54(45)89-28-25-86-22-19-83-16-13-59-41(73)7-10-57(65-44(76)6-4-5-40(58)72,11-8-42(74)60-14-17-84-20-23-87-26-29-90-55-46(63-35(2)70)52(81)49(78)38(32-67)93-55)12-9-43(75)61-15-18-85-21-24-88-27-30-91-56-47(64-36(3)71)53(82)50(79)39(33-68)94-56/h37-39,45-56,66-68,77-82H,4-33H2,1-3H3,(H2,58,72)(H,59,73)(H,60,74)(H,61,75)(H,62,69)(H,63,70)(H,64,71)(H,65,76). The Bertz CT molecular complexity index is 2010. The zero-order chi connectivity index (χ0) is 69.4. The molecule has 15 atom stereocenters. The van der Waals surface area contributed by atoms with Crippen molar-refractivity contribution in [3.8, 4) is 0 Å². The number of nitrogens with one attached hydrogen (secondary N) is 7. The Morgan fingerprint density at radius 2 is 0.660 bits per heavy atom. The first-order chi connectivity index (χ1) is 45.0. The first-order valence-electron chi connectivity index (χ1n) is 31.4. The molecule has 94 heavy (non-hydrogen) atoms. The van der Waals surface area contributed by atoms with Crippen LogP contribution in [0.4, 0.5) is 0 Å². The van der Waals surface area contributed by atoms with Gasteiger partial charge in [0.15, 0.2) is 18.9 Å². The Balaban J connectivity index is 1.52. The number of aliphatic hydroxyl groups is 9. The topological polar surface area (TPSA) is 540 Å². The van der Waals surface area contributed by atoms with Crippen LogP contribution in [-0.4, -0.2) is 329 Å². The van der Waals surface area contributed by atoms with Gasteiger partial charge in [-0.05, 0) is 25.7 Å². The molecule has 544 valence electrons. The second-order valence-corrected chi connectivity index (χ2v) is 22.3. The van der Waals surface area contributed by atoms with Crippen LogP contribution in [0.2, 0.25) is 0 Å². The molecule has 37 nitrogen and oxygen atoms in total. The Morgan fingerprint density at radius 3 is 0.926 bits per heavy atom. The van der Waals surface area contributed by atoms with E-state index in [1.54, 1.807) is 0 Å². The third kappa shape index (κ3) is 32.3. The molecule has 3 aliphatic heterocycles. The van der Waals surface area contributed by atoms with Gasteiger partial charge in [0.2, 0.25) is 47.3 Å². The fourth-order valence-corrected chi connectivity index (χ4v) is 9.93. The van der Waals surface area contributed by atoms with Crippen LogP contribution in [0.5, 0.6) is 0 Å². The third-order valence-corrected chi connectivity index (χ3v) is 14.8. The molecule has 0 aromatic heterocycles. The van der Waals surface area contributed by atoms with Crippen LogP contribution in [0.1, 0.15) is 78.6 Å². The lowest BCUT2D eigenvalue weighted by Crippen LogP contribution is -2.64. The van der Waals surface area contributed by atoms with Crippen molar-refractivity contribution < 1.29 is 141 Å². The zero-order valence-electron chi connectivity index (χ0n) is 53.6. The maximum absolute atomic E-state index is 13.5. The molecule has 0 radical (unpaired) electrons. The molecule has 0 aromatic rings. The van der Waals surface area contributed by atoms with E-state index in [1.807, 2.05) is 0 Å². The second-order valence-electron chi connectivity index (χ2n) is 22.3. The summed E-state index contributed by atoms with van der Waals surface area (Å²) in [5.74, 6) is -3.99. The minimum atomic E-state index is -1.47. The van der Waals surface area contributed by atoms with E-state index >= 15 is 0 Å². The predicted molar refractivity (Wildman–Crippen MR) is 320 cm³/mol. The molecular formula is C57H102N8O29. The Kier molecular flexibility index (Phi) is 41.5. The number of amides is 8. The van der Waals surface area contributed by atoms with E-state index in [0.29, 0.717) is 0 Å². The summed E-state index contributed by atoms with van der Waals surface area (Å²) in [6.07, 6.45) is -16.6. The van der Waals surface area contributed by atoms with E-state index < -0.39 is 165 Å². The van der Waals surface area contributed by atoms with Crippen molar-refractivity contribution in [3.05, 3.63) is 0 Å². The van der Waals surface area contributed by atoms with E-state index in [9.17, 15) is 84.3 Å². The molecular weight excluding hydrogens is 1260 g/mol. The fraction of sp³-hybridized carbons (Fsp3) is 0.860. The van der Waals surface area contributed by atoms with Crippen molar-refractivity contribution in [2.24, 2.45) is 5.73 Å². The van der Waals surface area contributed by atoms with Crippen LogP contribution in [-0.2, 0) is 95.2 Å². The maximum atomic E-state index is 13.5. The lowest BCUT2D eigenvalue weighted by molar-refractivity contribution is -0.272. The van der Waals surface area contributed by atoms with Gasteiger partial charge in [0.1, 0.15) is 73.1 Å². The van der Waals surface area contributed by atoms with Crippen molar-refractivity contribution in [1.82, 2.24) is 37.2 Å². The highest BCUT2D eigenvalue weighted by atomic mass is 16.7. The average molecular weight is 1360 g/mol. The number of aliphatic hydroxyl groups excluding tert-OH is 9. The van der Waals surface area contributed by atoms with Gasteiger partial charge in [-0.2, -0.15) is 0 Å². The van der Waals surface area contributed by atoms with Crippen LogP contribution in [0.3, 0.4) is 0 Å². The highest BCUT2D eigenvalue weighted by molar-refractivity contribution is 5.81. The lowest BCUT2D eigenvalue weighted by atomic mass is 9.82. The van der Waals surface area contributed by atoms with E-state index in [2.05, 4.69) is 37.2 Å². The van der Waals surface area contributed by atoms with Crippen LogP contribution in [0, 0.1) is 0 Å². The molecule has 0 aliphatic carbocycles. The largest absolute Gasteiger partial charge is 0.394 e. The number of hydrogen-bond acceptors (Lipinski definition) is 29. The number of ether oxygens (including phenoxy) is 12. The van der Waals surface area contributed by atoms with Crippen LogP contribution in [0.25, 0.3) is 0 Å². The SMILES string of the molecule is CC(=O)NC1C(OCCOCCOCCNC(=O)CCC(CCC(=O)NCCOCCOCCOC2OC(CO)C(O)C(O)C2NC(C)=O)(CCC(=O)NCCOCCOCCOC2OC(CO)C(O)C(O)C2NC(C)=O)NC(=O)CCCC(N)=O)OC(CO)C(O)C1O. The van der Waals surface area contributed by atoms with Crippen molar-refractivity contribution >= 4 is 47.3 Å². The van der Waals surface area contributed by atoms with Crippen molar-refractivity contribution in [2.45, 2.75) is 176 Å². The number of nitrogens with two attached hydrogens (primary N) is 1. The summed E-state index contributed by atoms with van der Waals surface area (Å²) in [6.45, 7) is 2.83. The fourth-order valence-electron chi connectivity index (χ4n) is 9.93. The minimum absolute atomic E-state index is 0.0344. The molecule has 0 spiro atoms. The molecule has 18 N–H and O–H groups in total. The quantitative estimate of drug-likeness (QED) is 0.0252. The number of primary amides is 1. The average Bonchev–Trinajstić information content (AvgIpc) is 0.836. The number of carbonyl (C=O) groups excluding carboxylic acids is 8. The van der Waals surface area contributed by atoms with E-state index in [-0.39, 0.29) is 177 Å². The molecule has 3 heterocycles. The van der Waals surface area contributed by atoms with E-state index in [1.165, 1.54) is 20.8 Å². The molecule has 8 amide bonds. The van der Waals surface area contributed by atoms with Gasteiger partial charge in [0.25, 0.3) is 0 Å². The first kappa shape index (κ1) is 83.1. The highest BCUT2D eigenvalue weighted by Crippen LogP contribution is 2.28. The summed E-state index contributed by atoms with van der Waals surface area (Å²) < 4.78 is 66.8. The van der Waals surface area contributed by atoms with Crippen molar-refractivity contribution in [3.63, 3.8) is 0 Å². The maximum Gasteiger partial charge on any atom is 0.220 e. The molecule has 3 saturated heterocycles. The summed E-state index contributed by atoms with van der Waals surface area (Å²) in [5, 5.41) is 109. The molecule has 15 unspecified atom stereocenters. The molecule has 3 aliphatic rings. The third-order valence-electron chi connectivity index (χ3n) is 14.8. The minimum Gasteiger partial charge on any atom is -0.394 e. The van der Waals surface area contributed by atoms with Crippen molar-refractivity contribution in [1.29, 1.82) is 0 Å². The summed E-state index contributed by atoms with van der Waals surface area (Å²) in [5.41, 5.74) is 4.01. The Labute approximate surface area is 544 Å². The van der Waals surface area contributed by atoms with Gasteiger partial charge in [-0.15, -0.1) is 0 Å². The second kappa shape index (κ2) is 47.0. The smallest absolute Gasteiger partial charge is 0.220 e. The lowest BCUT2D eigenvalue weighted by Gasteiger charge is -2.42. The summed E-state index contributed by atoms with van der Waals surface area (Å²) in [6, 6.07) is -3.35. The number of rotatable bonds is 50. The first-order valence-corrected chi connectivity index (χ1v) is 31.4. The van der Waals surface area contributed by atoms with Crippen LogP contribution >= 0.6 is 0 Å². The van der Waals surface area contributed by atoms with Gasteiger partial charge < -0.3 is 146 Å². The summed E-state index contributed by atoms with van der Waals surface area (Å²) in [4.78, 5) is 100. The van der Waals surface area contributed by atoms with Gasteiger partial charge in [-0.3, -0.25) is 38.4 Å². The monoisotopic (exact) mass is 1360 g/mol. The number of hydrogen-bond donors (Lipinski definition) is 17. The molecule has 0 aromatic carbocycles. The van der Waals surface area contributed by atoms with Gasteiger partial charge in [0, 0.05) is 78.0 Å². The van der Waals surface area contributed by atoms with Crippen LogP contribution in [0.15, 0.2) is 0 Å². The molecule has 37 heteroatoms. The zero-order valence-corrected chi connectivity index (χ0v) is 53.6. The predicted octanol–water partition coefficient (Wildman–Crippen LogP) is -8.83.